The average Bonchev–Trinajstić information content (AvgIpc) is 2.81. The first kappa shape index (κ1) is 23.5. The van der Waals surface area contributed by atoms with Crippen LogP contribution in [-0.4, -0.2) is 9.85 Å². The van der Waals surface area contributed by atoms with Crippen molar-refractivity contribution in [1.82, 2.24) is 0 Å². The highest BCUT2D eigenvalue weighted by molar-refractivity contribution is 5.78. The first-order valence-electron chi connectivity index (χ1n) is 10.4. The number of nitro benzene ring substituents is 2. The number of ether oxygens (including phenoxy) is 1. The fourth-order valence-corrected chi connectivity index (χ4v) is 3.64. The van der Waals surface area contributed by atoms with Crippen LogP contribution in [0.2, 0.25) is 0 Å². The molecular weight excluding hydrogens is 458 g/mol. The van der Waals surface area contributed by atoms with Gasteiger partial charge in [0.15, 0.2) is 0 Å². The van der Waals surface area contributed by atoms with E-state index in [1.165, 1.54) is 12.1 Å². The van der Waals surface area contributed by atoms with Crippen LogP contribution in [0, 0.1) is 45.7 Å². The van der Waals surface area contributed by atoms with E-state index in [2.05, 4.69) is 0 Å². The minimum Gasteiger partial charge on any atom is -0.456 e. The smallest absolute Gasteiger partial charge is 0.305 e. The maximum absolute atomic E-state index is 15.3. The Balaban J connectivity index is 1.94. The molecule has 0 aliphatic rings. The molecule has 0 amide bonds. The molecule has 35 heavy (non-hydrogen) atoms. The highest BCUT2D eigenvalue weighted by Crippen LogP contribution is 2.44. The van der Waals surface area contributed by atoms with Crippen LogP contribution in [0.15, 0.2) is 72.8 Å². The van der Waals surface area contributed by atoms with Crippen molar-refractivity contribution in [2.75, 3.05) is 0 Å². The molecule has 0 saturated heterocycles. The largest absolute Gasteiger partial charge is 0.456 e. The third-order valence-corrected chi connectivity index (χ3v) is 5.46. The van der Waals surface area contributed by atoms with Gasteiger partial charge >= 0.3 is 11.4 Å². The third-order valence-electron chi connectivity index (χ3n) is 5.46. The molecule has 0 aliphatic carbocycles. The number of rotatable bonds is 6. The summed E-state index contributed by atoms with van der Waals surface area (Å²) in [5.41, 5.74) is 0.531. The van der Waals surface area contributed by atoms with E-state index >= 15 is 8.78 Å². The topological polar surface area (TPSA) is 95.5 Å². The van der Waals surface area contributed by atoms with Crippen molar-refractivity contribution in [3.8, 4) is 33.8 Å². The summed E-state index contributed by atoms with van der Waals surface area (Å²) in [5, 5.41) is 22.7. The Morgan fingerprint density at radius 2 is 0.943 bits per heavy atom. The van der Waals surface area contributed by atoms with Gasteiger partial charge in [-0.05, 0) is 37.1 Å². The van der Waals surface area contributed by atoms with Crippen LogP contribution in [0.25, 0.3) is 22.3 Å². The lowest BCUT2D eigenvalue weighted by atomic mass is 10.0. The number of nitrogens with zero attached hydrogens (tertiary/aromatic N) is 2. The quantitative estimate of drug-likeness (QED) is 0.212. The first-order valence-corrected chi connectivity index (χ1v) is 10.4. The summed E-state index contributed by atoms with van der Waals surface area (Å²) >= 11 is 0. The highest BCUT2D eigenvalue weighted by Gasteiger charge is 2.27. The lowest BCUT2D eigenvalue weighted by Crippen LogP contribution is -2.01. The van der Waals surface area contributed by atoms with E-state index in [0.717, 1.165) is 23.3 Å². The molecule has 4 aromatic rings. The molecule has 0 radical (unpaired) electrons. The van der Waals surface area contributed by atoms with Crippen molar-refractivity contribution in [2.45, 2.75) is 13.8 Å². The zero-order valence-electron chi connectivity index (χ0n) is 18.6. The van der Waals surface area contributed by atoms with Gasteiger partial charge in [0.25, 0.3) is 0 Å². The van der Waals surface area contributed by atoms with Gasteiger partial charge in [-0.2, -0.15) is 8.78 Å². The first-order chi connectivity index (χ1) is 16.7. The molecule has 0 aliphatic heterocycles. The van der Waals surface area contributed by atoms with Gasteiger partial charge in [-0.3, -0.25) is 20.2 Å². The molecule has 0 unspecified atom stereocenters. The van der Waals surface area contributed by atoms with E-state index in [1.54, 1.807) is 48.5 Å². The number of hydrogen-bond donors (Lipinski definition) is 0. The third kappa shape index (κ3) is 4.56. The Kier molecular flexibility index (Phi) is 6.24. The van der Waals surface area contributed by atoms with Gasteiger partial charge in [-0.25, -0.2) is 0 Å². The van der Waals surface area contributed by atoms with E-state index in [9.17, 15) is 20.2 Å². The summed E-state index contributed by atoms with van der Waals surface area (Å²) in [5.74, 6) is -2.46. The minimum atomic E-state index is -1.12. The minimum absolute atomic E-state index is 0.112. The molecule has 0 saturated carbocycles. The van der Waals surface area contributed by atoms with Crippen LogP contribution in [0.4, 0.5) is 20.2 Å². The molecule has 7 nitrogen and oxygen atoms in total. The van der Waals surface area contributed by atoms with Crippen LogP contribution >= 0.6 is 0 Å². The second kappa shape index (κ2) is 9.30. The van der Waals surface area contributed by atoms with Gasteiger partial charge in [0.2, 0.25) is 11.6 Å². The predicted molar refractivity (Wildman–Crippen MR) is 127 cm³/mol. The van der Waals surface area contributed by atoms with E-state index in [1.807, 2.05) is 13.8 Å². The molecule has 0 heterocycles. The Morgan fingerprint density at radius 1 is 0.600 bits per heavy atom. The molecule has 0 spiro atoms. The fraction of sp³-hybridized carbons (Fsp3) is 0.0769. The van der Waals surface area contributed by atoms with Gasteiger partial charge < -0.3 is 4.74 Å². The van der Waals surface area contributed by atoms with Crippen molar-refractivity contribution >= 4 is 11.4 Å². The molecule has 0 fully saturated rings. The summed E-state index contributed by atoms with van der Waals surface area (Å²) in [6, 6.07) is 17.5. The SMILES string of the molecule is Cc1ccc(-c2c(Oc3ccc([N+](=O)[O-])c(F)c3-c3ccc(C)cc3)ccc([N+](=O)[O-])c2F)cc1. The van der Waals surface area contributed by atoms with E-state index in [0.29, 0.717) is 11.1 Å². The molecule has 0 N–H and O–H groups in total. The van der Waals surface area contributed by atoms with Crippen LogP contribution in [-0.2, 0) is 0 Å². The predicted octanol–water partition coefficient (Wildman–Crippen LogP) is 7.52. The molecule has 4 aromatic carbocycles. The van der Waals surface area contributed by atoms with E-state index < -0.39 is 32.9 Å². The lowest BCUT2D eigenvalue weighted by Gasteiger charge is -2.16. The maximum atomic E-state index is 15.3. The number of halogens is 2. The zero-order chi connectivity index (χ0) is 25.3. The number of nitro groups is 2. The van der Waals surface area contributed by atoms with Crippen LogP contribution in [0.5, 0.6) is 11.5 Å². The standard InChI is InChI=1S/C26H18F2N2O5/c1-15-3-7-17(8-4-15)23-21(13-11-19(25(23)27)29(31)32)35-22-14-12-20(30(33)34)26(28)24(22)18-9-5-16(2)6-10-18/h3-14H,1-2H3. The lowest BCUT2D eigenvalue weighted by molar-refractivity contribution is -0.387. The summed E-state index contributed by atoms with van der Waals surface area (Å²) in [7, 11) is 0. The van der Waals surface area contributed by atoms with Gasteiger partial charge in [0, 0.05) is 12.1 Å². The van der Waals surface area contributed by atoms with Gasteiger partial charge in [0.05, 0.1) is 21.0 Å². The second-order valence-corrected chi connectivity index (χ2v) is 7.89. The second-order valence-electron chi connectivity index (χ2n) is 7.89. The van der Waals surface area contributed by atoms with Crippen LogP contribution < -0.4 is 4.74 Å². The van der Waals surface area contributed by atoms with Crippen molar-refractivity contribution in [1.29, 1.82) is 0 Å². The summed E-state index contributed by atoms with van der Waals surface area (Å²) in [6.07, 6.45) is 0. The van der Waals surface area contributed by atoms with Gasteiger partial charge in [-0.15, -0.1) is 0 Å². The Morgan fingerprint density at radius 3 is 1.26 bits per heavy atom. The Labute approximate surface area is 198 Å². The van der Waals surface area contributed by atoms with Crippen molar-refractivity contribution in [2.24, 2.45) is 0 Å². The van der Waals surface area contributed by atoms with E-state index in [-0.39, 0.29) is 22.6 Å². The average molecular weight is 476 g/mol. The molecule has 176 valence electrons. The maximum Gasteiger partial charge on any atom is 0.305 e. The van der Waals surface area contributed by atoms with Crippen molar-refractivity contribution in [3.63, 3.8) is 0 Å². The Hall–Kier alpha value is -4.66. The molecule has 0 aromatic heterocycles. The number of benzene rings is 4. The summed E-state index contributed by atoms with van der Waals surface area (Å²) in [6.45, 7) is 3.66. The van der Waals surface area contributed by atoms with Crippen molar-refractivity contribution < 1.29 is 23.4 Å². The molecule has 4 rings (SSSR count). The van der Waals surface area contributed by atoms with Gasteiger partial charge in [0.1, 0.15) is 11.5 Å². The van der Waals surface area contributed by atoms with E-state index in [4.69, 9.17) is 4.74 Å². The molecule has 9 heteroatoms. The molecule has 0 bridgehead atoms. The van der Waals surface area contributed by atoms with Gasteiger partial charge in [-0.1, -0.05) is 59.7 Å². The summed E-state index contributed by atoms with van der Waals surface area (Å²) in [4.78, 5) is 21.0. The number of hydrogen-bond acceptors (Lipinski definition) is 5. The molecular formula is C26H18F2N2O5. The highest BCUT2D eigenvalue weighted by atomic mass is 19.1. The monoisotopic (exact) mass is 476 g/mol. The molecule has 0 atom stereocenters. The van der Waals surface area contributed by atoms with Crippen molar-refractivity contribution in [3.05, 3.63) is 116 Å². The summed E-state index contributed by atoms with van der Waals surface area (Å²) < 4.78 is 36.5. The van der Waals surface area contributed by atoms with Crippen LogP contribution in [0.1, 0.15) is 11.1 Å². The van der Waals surface area contributed by atoms with Crippen LogP contribution in [0.3, 0.4) is 0 Å². The normalized spacial score (nSPS) is 10.7. The Bertz CT molecular complexity index is 1340. The number of aryl methyl sites for hydroxylation is 2. The zero-order valence-corrected chi connectivity index (χ0v) is 18.6. The fourth-order valence-electron chi connectivity index (χ4n) is 3.64.